The largest absolute Gasteiger partial charge is 0.478 e. The lowest BCUT2D eigenvalue weighted by atomic mass is 9.72. The zero-order valence-electron chi connectivity index (χ0n) is 21.5. The molecule has 0 radical (unpaired) electrons. The van der Waals surface area contributed by atoms with Gasteiger partial charge in [-0.25, -0.2) is 9.59 Å². The van der Waals surface area contributed by atoms with E-state index in [1.165, 1.54) is 48.5 Å². The van der Waals surface area contributed by atoms with Gasteiger partial charge in [0, 0.05) is 11.4 Å². The second-order valence-electron chi connectivity index (χ2n) is 9.12. The van der Waals surface area contributed by atoms with Crippen molar-refractivity contribution in [3.63, 3.8) is 0 Å². The van der Waals surface area contributed by atoms with Crippen molar-refractivity contribution in [1.82, 2.24) is 0 Å². The standard InChI is InChI=1S/C29H20F6N2O6/c30-28(31,32)27(29(33,34)35,15-1-11-21(25(38)39)23(13-15)42-19-7-3-17(36)4-8-19)16-2-12-22(26(40)41)24(14-16)43-20-9-5-18(37)6-10-20/h1-14H,36-37H2,(H,38,39)(H,40,41). The smallest absolute Gasteiger partial charge is 0.411 e. The summed E-state index contributed by atoms with van der Waals surface area (Å²) in [4.78, 5) is 23.6. The topological polar surface area (TPSA) is 145 Å². The van der Waals surface area contributed by atoms with E-state index in [2.05, 4.69) is 0 Å². The lowest BCUT2D eigenvalue weighted by Gasteiger charge is -2.38. The average molecular weight is 606 g/mol. The van der Waals surface area contributed by atoms with E-state index in [-0.39, 0.29) is 22.9 Å². The molecule has 0 aliphatic carbocycles. The van der Waals surface area contributed by atoms with E-state index in [9.17, 15) is 46.1 Å². The summed E-state index contributed by atoms with van der Waals surface area (Å²) in [7, 11) is 0. The first-order valence-electron chi connectivity index (χ1n) is 12.0. The highest BCUT2D eigenvalue weighted by Gasteiger charge is 2.72. The highest BCUT2D eigenvalue weighted by Crippen LogP contribution is 2.57. The van der Waals surface area contributed by atoms with Crippen LogP contribution in [-0.2, 0) is 5.41 Å². The van der Waals surface area contributed by atoms with Gasteiger partial charge in [-0.1, -0.05) is 12.1 Å². The molecule has 0 heterocycles. The minimum Gasteiger partial charge on any atom is -0.478 e. The Kier molecular flexibility index (Phi) is 7.90. The van der Waals surface area contributed by atoms with Crippen molar-refractivity contribution in [2.45, 2.75) is 17.8 Å². The maximum absolute atomic E-state index is 14.9. The molecule has 0 saturated carbocycles. The van der Waals surface area contributed by atoms with Crippen molar-refractivity contribution < 1.29 is 55.6 Å². The molecule has 0 saturated heterocycles. The Balaban J connectivity index is 1.99. The van der Waals surface area contributed by atoms with Gasteiger partial charge in [-0.15, -0.1) is 0 Å². The van der Waals surface area contributed by atoms with E-state index < -0.39 is 63.5 Å². The fourth-order valence-corrected chi connectivity index (χ4v) is 4.34. The van der Waals surface area contributed by atoms with Gasteiger partial charge in [-0.3, -0.25) is 0 Å². The molecule has 6 N–H and O–H groups in total. The van der Waals surface area contributed by atoms with Crippen molar-refractivity contribution >= 4 is 23.3 Å². The first-order valence-corrected chi connectivity index (χ1v) is 12.0. The zero-order chi connectivity index (χ0) is 31.7. The number of hydrogen-bond acceptors (Lipinski definition) is 6. The van der Waals surface area contributed by atoms with E-state index in [1.54, 1.807) is 0 Å². The molecule has 0 unspecified atom stereocenters. The molecule has 0 aliphatic heterocycles. The van der Waals surface area contributed by atoms with Crippen LogP contribution in [0.1, 0.15) is 31.8 Å². The minimum atomic E-state index is -6.10. The predicted octanol–water partition coefficient (Wildman–Crippen LogP) is 7.24. The van der Waals surface area contributed by atoms with Crippen molar-refractivity contribution in [2.75, 3.05) is 11.5 Å². The molecule has 0 spiro atoms. The number of carboxylic acids is 2. The van der Waals surface area contributed by atoms with Crippen LogP contribution in [0.5, 0.6) is 23.0 Å². The molecule has 0 bridgehead atoms. The number of anilines is 2. The van der Waals surface area contributed by atoms with E-state index in [0.29, 0.717) is 36.4 Å². The van der Waals surface area contributed by atoms with Crippen molar-refractivity contribution in [1.29, 1.82) is 0 Å². The Labute approximate surface area is 238 Å². The monoisotopic (exact) mass is 606 g/mol. The van der Waals surface area contributed by atoms with Crippen LogP contribution in [0.15, 0.2) is 84.9 Å². The number of ether oxygens (including phenoxy) is 2. The van der Waals surface area contributed by atoms with Crippen molar-refractivity contribution in [2.24, 2.45) is 0 Å². The van der Waals surface area contributed by atoms with Gasteiger partial charge >= 0.3 is 24.3 Å². The lowest BCUT2D eigenvalue weighted by molar-refractivity contribution is -0.288. The van der Waals surface area contributed by atoms with Crippen LogP contribution >= 0.6 is 0 Å². The molecule has 224 valence electrons. The summed E-state index contributed by atoms with van der Waals surface area (Å²) >= 11 is 0. The van der Waals surface area contributed by atoms with Gasteiger partial charge < -0.3 is 31.2 Å². The van der Waals surface area contributed by atoms with E-state index in [0.717, 1.165) is 0 Å². The van der Waals surface area contributed by atoms with Crippen LogP contribution in [-0.4, -0.2) is 34.5 Å². The van der Waals surface area contributed by atoms with Gasteiger partial charge in [0.2, 0.25) is 5.41 Å². The molecule has 4 aromatic rings. The van der Waals surface area contributed by atoms with Gasteiger partial charge in [0.1, 0.15) is 34.1 Å². The number of alkyl halides is 6. The highest BCUT2D eigenvalue weighted by molar-refractivity contribution is 5.92. The summed E-state index contributed by atoms with van der Waals surface area (Å²) < 4.78 is 100. The number of rotatable bonds is 8. The van der Waals surface area contributed by atoms with Crippen LogP contribution in [0.25, 0.3) is 0 Å². The Hall–Kier alpha value is -5.40. The Morgan fingerprint density at radius 2 is 0.884 bits per heavy atom. The zero-order valence-corrected chi connectivity index (χ0v) is 21.5. The third kappa shape index (κ3) is 5.84. The molecule has 0 aromatic heterocycles. The van der Waals surface area contributed by atoms with Gasteiger partial charge in [0.25, 0.3) is 0 Å². The molecular weight excluding hydrogens is 586 g/mol. The number of halogens is 6. The SMILES string of the molecule is Nc1ccc(Oc2cc(C(c3ccc(C(=O)O)c(Oc4ccc(N)cc4)c3)(C(F)(F)F)C(F)(F)F)ccc2C(=O)O)cc1. The molecule has 14 heteroatoms. The summed E-state index contributed by atoms with van der Waals surface area (Å²) in [6, 6.07) is 12.7. The van der Waals surface area contributed by atoms with Crippen LogP contribution in [0.3, 0.4) is 0 Å². The Bertz CT molecular complexity index is 1540. The first-order chi connectivity index (χ1) is 20.0. The molecule has 43 heavy (non-hydrogen) atoms. The Morgan fingerprint density at radius 1 is 0.558 bits per heavy atom. The minimum absolute atomic E-state index is 0.122. The number of carboxylic acid groups (broad SMARTS) is 2. The summed E-state index contributed by atoms with van der Waals surface area (Å²) in [5.74, 6) is -5.27. The third-order valence-corrected chi connectivity index (χ3v) is 6.36. The molecule has 4 rings (SSSR count). The quantitative estimate of drug-likeness (QED) is 0.121. The van der Waals surface area contributed by atoms with Crippen LogP contribution in [0, 0.1) is 0 Å². The number of nitrogens with two attached hydrogens (primary N) is 2. The highest BCUT2D eigenvalue weighted by atomic mass is 19.4. The van der Waals surface area contributed by atoms with Gasteiger partial charge in [0.05, 0.1) is 0 Å². The third-order valence-electron chi connectivity index (χ3n) is 6.36. The lowest BCUT2D eigenvalue weighted by Crippen LogP contribution is -2.54. The number of aromatic carboxylic acids is 2. The summed E-state index contributed by atoms with van der Waals surface area (Å²) in [6.45, 7) is 0. The fourth-order valence-electron chi connectivity index (χ4n) is 4.34. The average Bonchev–Trinajstić information content (AvgIpc) is 2.90. The number of carbonyl (C=O) groups is 2. The summed E-state index contributed by atoms with van der Waals surface area (Å²) in [5.41, 5.74) is 2.52. The normalized spacial score (nSPS) is 12.0. The predicted molar refractivity (Wildman–Crippen MR) is 142 cm³/mol. The molecule has 0 atom stereocenters. The molecule has 8 nitrogen and oxygen atoms in total. The van der Waals surface area contributed by atoms with Gasteiger partial charge in [0.15, 0.2) is 0 Å². The van der Waals surface area contributed by atoms with Crippen molar-refractivity contribution in [3.05, 3.63) is 107 Å². The molecular formula is C29H20F6N2O6. The number of hydrogen-bond donors (Lipinski definition) is 4. The second kappa shape index (κ2) is 11.1. The maximum atomic E-state index is 14.9. The summed E-state index contributed by atoms with van der Waals surface area (Å²) in [6.07, 6.45) is -12.2. The molecule has 4 aromatic carbocycles. The van der Waals surface area contributed by atoms with E-state index in [4.69, 9.17) is 20.9 Å². The fraction of sp³-hybridized carbons (Fsp3) is 0.103. The van der Waals surface area contributed by atoms with Crippen LogP contribution in [0.4, 0.5) is 37.7 Å². The molecule has 0 fully saturated rings. The van der Waals surface area contributed by atoms with Gasteiger partial charge in [-0.2, -0.15) is 26.3 Å². The number of benzene rings is 4. The molecule has 0 aliphatic rings. The maximum Gasteiger partial charge on any atom is 0.411 e. The van der Waals surface area contributed by atoms with Crippen molar-refractivity contribution in [3.8, 4) is 23.0 Å². The second-order valence-corrected chi connectivity index (χ2v) is 9.12. The van der Waals surface area contributed by atoms with Gasteiger partial charge in [-0.05, 0) is 83.9 Å². The number of nitrogen functional groups attached to an aromatic ring is 2. The molecule has 0 amide bonds. The van der Waals surface area contributed by atoms with Crippen LogP contribution in [0.2, 0.25) is 0 Å². The Morgan fingerprint density at radius 3 is 1.16 bits per heavy atom. The van der Waals surface area contributed by atoms with E-state index in [1.807, 2.05) is 0 Å². The summed E-state index contributed by atoms with van der Waals surface area (Å²) in [5, 5.41) is 19.1. The van der Waals surface area contributed by atoms with Crippen LogP contribution < -0.4 is 20.9 Å². The van der Waals surface area contributed by atoms with E-state index >= 15 is 0 Å². The first kappa shape index (κ1) is 30.6.